The van der Waals surface area contributed by atoms with E-state index in [-0.39, 0.29) is 35.4 Å². The molecule has 1 heterocycles. The Morgan fingerprint density at radius 2 is 2.00 bits per heavy atom. The number of aliphatic hydroxyl groups is 2. The molecule has 138 valence electrons. The van der Waals surface area contributed by atoms with Crippen LogP contribution in [0.2, 0.25) is 0 Å². The van der Waals surface area contributed by atoms with Gasteiger partial charge in [0.05, 0.1) is 19.3 Å². The first kappa shape index (κ1) is 16.4. The quantitative estimate of drug-likeness (QED) is 0.693. The molecule has 2 bridgehead atoms. The fraction of sp³-hybridized carbons (Fsp3) is 0.900. The maximum absolute atomic E-state index is 12.5. The van der Waals surface area contributed by atoms with Crippen molar-refractivity contribution in [2.24, 2.45) is 34.5 Å². The van der Waals surface area contributed by atoms with E-state index in [1.807, 2.05) is 0 Å². The minimum Gasteiger partial charge on any atom is -0.390 e. The van der Waals surface area contributed by atoms with E-state index in [0.29, 0.717) is 44.2 Å². The van der Waals surface area contributed by atoms with Crippen molar-refractivity contribution in [1.82, 2.24) is 0 Å². The first-order valence-electron chi connectivity index (χ1n) is 9.86. The molecule has 5 rings (SSSR count). The molecule has 5 nitrogen and oxygen atoms in total. The summed E-state index contributed by atoms with van der Waals surface area (Å²) >= 11 is 0. The zero-order chi connectivity index (χ0) is 17.6. The Morgan fingerprint density at radius 1 is 1.20 bits per heavy atom. The summed E-state index contributed by atoms with van der Waals surface area (Å²) in [6.07, 6.45) is 3.61. The van der Waals surface area contributed by atoms with Crippen LogP contribution in [0.15, 0.2) is 0 Å². The number of hydrogen-bond donors (Lipinski definition) is 2. The average molecular weight is 348 g/mol. The van der Waals surface area contributed by atoms with Gasteiger partial charge in [-0.15, -0.1) is 0 Å². The van der Waals surface area contributed by atoms with E-state index in [0.717, 1.165) is 19.3 Å². The Bertz CT molecular complexity index is 646. The van der Waals surface area contributed by atoms with Crippen molar-refractivity contribution >= 4 is 11.6 Å². The van der Waals surface area contributed by atoms with Gasteiger partial charge in [0.15, 0.2) is 0 Å². The van der Waals surface area contributed by atoms with Gasteiger partial charge in [-0.3, -0.25) is 9.59 Å². The third-order valence-electron chi connectivity index (χ3n) is 8.95. The summed E-state index contributed by atoms with van der Waals surface area (Å²) in [5, 5.41) is 22.5. The lowest BCUT2D eigenvalue weighted by molar-refractivity contribution is -0.286. The van der Waals surface area contributed by atoms with Crippen molar-refractivity contribution in [2.75, 3.05) is 13.2 Å². The molecule has 2 N–H and O–H groups in total. The minimum atomic E-state index is -1.36. The summed E-state index contributed by atoms with van der Waals surface area (Å²) < 4.78 is 5.83. The number of ether oxygens (including phenoxy) is 1. The smallest absolute Gasteiger partial charge is 0.141 e. The van der Waals surface area contributed by atoms with Crippen LogP contribution in [-0.4, -0.2) is 46.7 Å². The van der Waals surface area contributed by atoms with Gasteiger partial charge in [0.2, 0.25) is 0 Å². The minimum absolute atomic E-state index is 0.0343. The SMILES string of the molecule is CC12CCC3C(CC(O)C4(O)CC(=O)C5COCC34C5)C1CCC2=O. The monoisotopic (exact) mass is 348 g/mol. The number of fused-ring (bicyclic) bond motifs is 4. The highest BCUT2D eigenvalue weighted by Gasteiger charge is 2.71. The number of carbonyl (C=O) groups excluding carboxylic acids is 2. The first-order chi connectivity index (χ1) is 11.8. The molecule has 0 aromatic heterocycles. The van der Waals surface area contributed by atoms with Crippen LogP contribution < -0.4 is 0 Å². The van der Waals surface area contributed by atoms with E-state index < -0.39 is 17.1 Å². The van der Waals surface area contributed by atoms with E-state index in [1.54, 1.807) is 0 Å². The second-order valence-corrected chi connectivity index (χ2v) is 9.69. The van der Waals surface area contributed by atoms with Crippen LogP contribution in [-0.2, 0) is 14.3 Å². The molecule has 5 heteroatoms. The second-order valence-electron chi connectivity index (χ2n) is 9.69. The zero-order valence-electron chi connectivity index (χ0n) is 14.9. The van der Waals surface area contributed by atoms with Crippen LogP contribution in [0.25, 0.3) is 0 Å². The van der Waals surface area contributed by atoms with Gasteiger partial charge in [0.25, 0.3) is 0 Å². The van der Waals surface area contributed by atoms with Gasteiger partial charge in [0, 0.05) is 29.6 Å². The lowest BCUT2D eigenvalue weighted by Gasteiger charge is -2.66. The van der Waals surface area contributed by atoms with Crippen molar-refractivity contribution in [1.29, 1.82) is 0 Å². The second kappa shape index (κ2) is 4.93. The van der Waals surface area contributed by atoms with Gasteiger partial charge in [-0.1, -0.05) is 6.92 Å². The Hall–Kier alpha value is -0.780. The molecule has 1 spiro atoms. The fourth-order valence-electron chi connectivity index (χ4n) is 7.59. The molecule has 8 atom stereocenters. The molecule has 0 radical (unpaired) electrons. The Balaban J connectivity index is 1.59. The van der Waals surface area contributed by atoms with Crippen LogP contribution in [0.1, 0.15) is 51.9 Å². The van der Waals surface area contributed by atoms with Crippen molar-refractivity contribution in [3.63, 3.8) is 0 Å². The molecule has 0 aromatic carbocycles. The molecule has 1 aliphatic heterocycles. The van der Waals surface area contributed by atoms with Crippen LogP contribution in [0.4, 0.5) is 0 Å². The summed E-state index contributed by atoms with van der Waals surface area (Å²) in [6.45, 7) is 2.99. The number of aliphatic hydroxyl groups excluding tert-OH is 1. The van der Waals surface area contributed by atoms with E-state index in [1.165, 1.54) is 0 Å². The van der Waals surface area contributed by atoms with E-state index in [2.05, 4.69) is 6.92 Å². The molecular formula is C20H28O5. The Morgan fingerprint density at radius 3 is 2.80 bits per heavy atom. The molecule has 25 heavy (non-hydrogen) atoms. The highest BCUT2D eigenvalue weighted by molar-refractivity contribution is 5.87. The molecular weight excluding hydrogens is 320 g/mol. The van der Waals surface area contributed by atoms with Crippen LogP contribution in [0.3, 0.4) is 0 Å². The molecule has 5 fully saturated rings. The van der Waals surface area contributed by atoms with Crippen molar-refractivity contribution < 1.29 is 24.5 Å². The average Bonchev–Trinajstić information content (AvgIpc) is 2.88. The normalized spacial score (nSPS) is 57.6. The number of Topliss-reactive ketones (excluding diaryl/α,β-unsaturated/α-hetero) is 2. The summed E-state index contributed by atoms with van der Waals surface area (Å²) in [5.41, 5.74) is -2.15. The standard InChI is InChI=1S/C20H28O5/c1-18-5-4-14-12(13(18)2-3-16(18)22)6-17(23)20(24)8-15(21)11-7-19(14,20)10-25-9-11/h11-14,17,23-24H,2-10H2,1H3. The van der Waals surface area contributed by atoms with Gasteiger partial charge >= 0.3 is 0 Å². The van der Waals surface area contributed by atoms with Gasteiger partial charge < -0.3 is 14.9 Å². The Kier molecular flexibility index (Phi) is 3.23. The summed E-state index contributed by atoms with van der Waals surface area (Å²) in [6, 6.07) is 0. The number of rotatable bonds is 0. The number of carbonyl (C=O) groups is 2. The topological polar surface area (TPSA) is 83.8 Å². The van der Waals surface area contributed by atoms with Gasteiger partial charge in [-0.05, 0) is 49.9 Å². The molecule has 0 amide bonds. The van der Waals surface area contributed by atoms with Crippen LogP contribution in [0, 0.1) is 34.5 Å². The van der Waals surface area contributed by atoms with Crippen molar-refractivity contribution in [3.8, 4) is 0 Å². The van der Waals surface area contributed by atoms with Crippen LogP contribution in [0.5, 0.6) is 0 Å². The largest absolute Gasteiger partial charge is 0.390 e. The lowest BCUT2D eigenvalue weighted by Crippen LogP contribution is -2.73. The van der Waals surface area contributed by atoms with E-state index in [9.17, 15) is 19.8 Å². The Labute approximate surface area is 148 Å². The summed E-state index contributed by atoms with van der Waals surface area (Å²) in [4.78, 5) is 25.0. The lowest BCUT2D eigenvalue weighted by atomic mass is 9.41. The van der Waals surface area contributed by atoms with E-state index in [4.69, 9.17) is 4.74 Å². The predicted molar refractivity (Wildman–Crippen MR) is 88.6 cm³/mol. The molecule has 5 aliphatic rings. The van der Waals surface area contributed by atoms with Gasteiger partial charge in [-0.25, -0.2) is 0 Å². The van der Waals surface area contributed by atoms with Crippen LogP contribution >= 0.6 is 0 Å². The molecule has 4 saturated carbocycles. The first-order valence-corrected chi connectivity index (χ1v) is 9.86. The number of ketones is 2. The fourth-order valence-corrected chi connectivity index (χ4v) is 7.59. The predicted octanol–water partition coefficient (Wildman–Crippen LogP) is 1.49. The van der Waals surface area contributed by atoms with Crippen molar-refractivity contribution in [3.05, 3.63) is 0 Å². The van der Waals surface area contributed by atoms with Gasteiger partial charge in [0.1, 0.15) is 17.2 Å². The molecule has 8 unspecified atom stereocenters. The van der Waals surface area contributed by atoms with Crippen molar-refractivity contribution in [2.45, 2.75) is 63.6 Å². The molecule has 4 aliphatic carbocycles. The molecule has 0 aromatic rings. The molecule has 1 saturated heterocycles. The summed E-state index contributed by atoms with van der Waals surface area (Å²) in [5.74, 6) is 1.05. The highest BCUT2D eigenvalue weighted by Crippen LogP contribution is 2.67. The maximum atomic E-state index is 12.5. The summed E-state index contributed by atoms with van der Waals surface area (Å²) in [7, 11) is 0. The number of hydrogen-bond acceptors (Lipinski definition) is 5. The highest BCUT2D eigenvalue weighted by atomic mass is 16.5. The van der Waals surface area contributed by atoms with E-state index >= 15 is 0 Å². The maximum Gasteiger partial charge on any atom is 0.141 e. The zero-order valence-corrected chi connectivity index (χ0v) is 14.9. The van der Waals surface area contributed by atoms with Gasteiger partial charge in [-0.2, -0.15) is 0 Å². The third-order valence-corrected chi connectivity index (χ3v) is 8.95. The third kappa shape index (κ3) is 1.80.